The Hall–Kier alpha value is -3.95. The number of nitrogens with one attached hydrogen (secondary N) is 2. The molecule has 48 heavy (non-hydrogen) atoms. The van der Waals surface area contributed by atoms with E-state index in [1.54, 1.807) is 24.2 Å². The number of aromatic nitrogens is 1. The van der Waals surface area contributed by atoms with Crippen LogP contribution in [0.3, 0.4) is 0 Å². The van der Waals surface area contributed by atoms with Crippen LogP contribution >= 0.6 is 11.8 Å². The van der Waals surface area contributed by atoms with Crippen LogP contribution < -0.4 is 10.6 Å². The highest BCUT2D eigenvalue weighted by Crippen LogP contribution is 2.48. The molecule has 1 aromatic heterocycles. The molecule has 0 radical (unpaired) electrons. The number of nitrogens with zero attached hydrogens (tertiary/aromatic N) is 2. The number of carbonyl (C=O) groups is 3. The van der Waals surface area contributed by atoms with Gasteiger partial charge in [-0.1, -0.05) is 24.3 Å². The molecule has 1 aliphatic heterocycles. The Morgan fingerprint density at radius 2 is 1.52 bits per heavy atom. The summed E-state index contributed by atoms with van der Waals surface area (Å²) in [5, 5.41) is 15.5. The normalized spacial score (nSPS) is 23.9. The molecular formula is C39H44N4O4S. The maximum atomic E-state index is 13.9. The van der Waals surface area contributed by atoms with Crippen molar-refractivity contribution in [2.45, 2.75) is 94.6 Å². The Balaban J connectivity index is 1.01. The van der Waals surface area contributed by atoms with Gasteiger partial charge >= 0.3 is 5.97 Å². The maximum absolute atomic E-state index is 13.9. The number of hydrogen-bond donors (Lipinski definition) is 3. The number of anilines is 1. The molecule has 3 aromatic rings. The molecule has 8 nitrogen and oxygen atoms in total. The van der Waals surface area contributed by atoms with Crippen LogP contribution in [0.25, 0.3) is 0 Å². The van der Waals surface area contributed by atoms with Crippen molar-refractivity contribution in [3.63, 3.8) is 0 Å². The molecule has 0 spiro atoms. The van der Waals surface area contributed by atoms with E-state index in [1.807, 2.05) is 54.6 Å². The average Bonchev–Trinajstić information content (AvgIpc) is 3.89. The van der Waals surface area contributed by atoms with Gasteiger partial charge in [0.2, 0.25) is 5.91 Å². The highest BCUT2D eigenvalue weighted by Gasteiger charge is 2.42. The van der Waals surface area contributed by atoms with Crippen molar-refractivity contribution in [3.05, 3.63) is 106 Å². The van der Waals surface area contributed by atoms with Gasteiger partial charge in [-0.05, 0) is 134 Å². The average molecular weight is 665 g/mol. The fourth-order valence-electron chi connectivity index (χ4n) is 7.69. The van der Waals surface area contributed by atoms with E-state index in [0.717, 1.165) is 81.1 Å². The lowest BCUT2D eigenvalue weighted by Gasteiger charge is -2.36. The molecule has 2 saturated carbocycles. The van der Waals surface area contributed by atoms with Gasteiger partial charge in [-0.3, -0.25) is 24.3 Å². The van der Waals surface area contributed by atoms with Gasteiger partial charge < -0.3 is 15.7 Å². The number of benzene rings is 2. The van der Waals surface area contributed by atoms with E-state index in [1.165, 1.54) is 28.9 Å². The summed E-state index contributed by atoms with van der Waals surface area (Å²) in [6.07, 6.45) is 14.0. The molecule has 0 bridgehead atoms. The minimum Gasteiger partial charge on any atom is -0.481 e. The number of carboxylic acids is 1. The monoisotopic (exact) mass is 664 g/mol. The van der Waals surface area contributed by atoms with Gasteiger partial charge in [-0.2, -0.15) is 0 Å². The van der Waals surface area contributed by atoms with Gasteiger partial charge in [0.05, 0.1) is 17.2 Å². The Kier molecular flexibility index (Phi) is 9.96. The summed E-state index contributed by atoms with van der Waals surface area (Å²) in [7, 11) is 0. The van der Waals surface area contributed by atoms with Crippen molar-refractivity contribution in [1.82, 2.24) is 15.2 Å². The second kappa shape index (κ2) is 14.7. The Morgan fingerprint density at radius 1 is 0.833 bits per heavy atom. The third kappa shape index (κ3) is 7.68. The number of carboxylic acid groups (broad SMARTS) is 1. The molecule has 3 aliphatic carbocycles. The van der Waals surface area contributed by atoms with Crippen LogP contribution in [0.15, 0.2) is 83.5 Å². The minimum atomic E-state index is -0.673. The van der Waals surface area contributed by atoms with E-state index in [9.17, 15) is 19.5 Å². The molecule has 0 saturated heterocycles. The second-order valence-corrected chi connectivity index (χ2v) is 15.0. The smallest absolute Gasteiger partial charge is 0.306 e. The largest absolute Gasteiger partial charge is 0.481 e. The molecule has 2 amide bonds. The Bertz CT molecular complexity index is 1660. The summed E-state index contributed by atoms with van der Waals surface area (Å²) in [6, 6.07) is 20.8. The summed E-state index contributed by atoms with van der Waals surface area (Å²) < 4.78 is 0. The first kappa shape index (κ1) is 32.6. The van der Waals surface area contributed by atoms with Gasteiger partial charge in [-0.15, -0.1) is 11.8 Å². The molecule has 2 fully saturated rings. The first-order chi connectivity index (χ1) is 23.4. The van der Waals surface area contributed by atoms with E-state index >= 15 is 0 Å². The standard InChI is InChI=1S/C39H44N4O4S/c44-36(29-5-3-4-27(23-29)24-43(32-16-17-32)31-14-10-28(11-15-31)39(46)47)42-38-35(33-6-1-2-7-34(33)48-38)37(45)41-30-12-8-25(9-13-30)22-26-18-20-40-21-19-26/h3-5,8-9,12-13,18-21,23,28,31-32,35,38H,1-2,6-7,10-11,14-17,22,24H2,(H,41,45)(H,42,44)(H,46,47). The number of allylic oxidation sites excluding steroid dienone is 1. The lowest BCUT2D eigenvalue weighted by molar-refractivity contribution is -0.143. The van der Waals surface area contributed by atoms with Crippen LogP contribution in [-0.4, -0.2) is 50.2 Å². The molecule has 2 unspecified atom stereocenters. The minimum absolute atomic E-state index is 0.0759. The summed E-state index contributed by atoms with van der Waals surface area (Å²) >= 11 is 1.65. The molecule has 2 atom stereocenters. The fourth-order valence-corrected chi connectivity index (χ4v) is 9.23. The van der Waals surface area contributed by atoms with Crippen molar-refractivity contribution in [2.75, 3.05) is 5.32 Å². The topological polar surface area (TPSA) is 112 Å². The van der Waals surface area contributed by atoms with E-state index in [0.29, 0.717) is 17.6 Å². The third-order valence-electron chi connectivity index (χ3n) is 10.4. The molecular weight excluding hydrogens is 621 g/mol. The summed E-state index contributed by atoms with van der Waals surface area (Å²) in [4.78, 5) is 47.0. The number of rotatable bonds is 11. The number of carbonyl (C=O) groups excluding carboxylic acids is 2. The molecule has 7 rings (SSSR count). The summed E-state index contributed by atoms with van der Waals surface area (Å²) in [5.41, 5.74) is 5.97. The summed E-state index contributed by atoms with van der Waals surface area (Å²) in [6.45, 7) is 0.759. The Labute approximate surface area is 286 Å². The Morgan fingerprint density at radius 3 is 2.23 bits per heavy atom. The number of pyridine rings is 1. The molecule has 2 aromatic carbocycles. The van der Waals surface area contributed by atoms with Crippen molar-refractivity contribution in [3.8, 4) is 0 Å². The van der Waals surface area contributed by atoms with Crippen molar-refractivity contribution in [1.29, 1.82) is 0 Å². The van der Waals surface area contributed by atoms with E-state index in [-0.39, 0.29) is 23.1 Å². The van der Waals surface area contributed by atoms with Gasteiger partial charge in [-0.25, -0.2) is 0 Å². The zero-order valence-corrected chi connectivity index (χ0v) is 28.1. The first-order valence-corrected chi connectivity index (χ1v) is 18.3. The first-order valence-electron chi connectivity index (χ1n) is 17.5. The molecule has 250 valence electrons. The zero-order valence-electron chi connectivity index (χ0n) is 27.3. The predicted octanol–water partition coefficient (Wildman–Crippen LogP) is 7.17. The maximum Gasteiger partial charge on any atom is 0.306 e. The lowest BCUT2D eigenvalue weighted by Crippen LogP contribution is -2.42. The molecule has 2 heterocycles. The number of aliphatic carboxylic acids is 1. The van der Waals surface area contributed by atoms with Crippen LogP contribution in [0.2, 0.25) is 0 Å². The predicted molar refractivity (Wildman–Crippen MR) is 188 cm³/mol. The third-order valence-corrected chi connectivity index (χ3v) is 11.8. The van der Waals surface area contributed by atoms with Crippen molar-refractivity contribution in [2.24, 2.45) is 11.8 Å². The van der Waals surface area contributed by atoms with Crippen LogP contribution in [0.1, 0.15) is 91.3 Å². The highest BCUT2D eigenvalue weighted by molar-refractivity contribution is 8.04. The molecule has 9 heteroatoms. The van der Waals surface area contributed by atoms with Crippen LogP contribution in [0, 0.1) is 11.8 Å². The van der Waals surface area contributed by atoms with Gasteiger partial charge in [0.25, 0.3) is 5.91 Å². The highest BCUT2D eigenvalue weighted by atomic mass is 32.2. The second-order valence-electron chi connectivity index (χ2n) is 13.8. The quantitative estimate of drug-likeness (QED) is 0.199. The number of hydrogen-bond acceptors (Lipinski definition) is 6. The van der Waals surface area contributed by atoms with E-state index in [2.05, 4.69) is 26.6 Å². The van der Waals surface area contributed by atoms with Crippen LogP contribution in [0.4, 0.5) is 5.69 Å². The molecule has 4 aliphatic rings. The van der Waals surface area contributed by atoms with Crippen LogP contribution in [0.5, 0.6) is 0 Å². The van der Waals surface area contributed by atoms with Crippen LogP contribution in [-0.2, 0) is 22.6 Å². The van der Waals surface area contributed by atoms with Crippen molar-refractivity contribution < 1.29 is 19.5 Å². The van der Waals surface area contributed by atoms with Gasteiger partial charge in [0.1, 0.15) is 0 Å². The summed E-state index contributed by atoms with van der Waals surface area (Å²) in [5.74, 6) is -1.55. The van der Waals surface area contributed by atoms with E-state index < -0.39 is 11.9 Å². The molecule has 3 N–H and O–H groups in total. The lowest BCUT2D eigenvalue weighted by atomic mass is 9.85. The number of thioether (sulfide) groups is 1. The SMILES string of the molecule is O=C(NC1SC2=C(CCCC2)C1C(=O)Nc1ccc(Cc2ccncc2)cc1)c1cccc(CN(C2CCC(C(=O)O)CC2)C2CC2)c1. The number of amides is 2. The van der Waals surface area contributed by atoms with Crippen molar-refractivity contribution >= 4 is 35.2 Å². The zero-order chi connectivity index (χ0) is 33.0. The van der Waals surface area contributed by atoms with Gasteiger partial charge in [0.15, 0.2) is 0 Å². The fraction of sp³-hybridized carbons (Fsp3) is 0.436. The van der Waals surface area contributed by atoms with E-state index in [4.69, 9.17) is 0 Å². The van der Waals surface area contributed by atoms with Gasteiger partial charge in [0, 0.05) is 42.3 Å².